The van der Waals surface area contributed by atoms with Crippen LogP contribution in [0, 0.1) is 0 Å². The number of pyridine rings is 1. The number of aliphatic carboxylic acids is 1. The lowest BCUT2D eigenvalue weighted by Gasteiger charge is -2.20. The van der Waals surface area contributed by atoms with E-state index in [0.717, 1.165) is 5.56 Å². The number of anilines is 1. The highest BCUT2D eigenvalue weighted by atomic mass is 35.5. The van der Waals surface area contributed by atoms with Gasteiger partial charge in [0.05, 0.1) is 19.6 Å². The topological polar surface area (TPSA) is 130 Å². The van der Waals surface area contributed by atoms with Crippen LogP contribution in [0.15, 0.2) is 59.5 Å². The van der Waals surface area contributed by atoms with Gasteiger partial charge in [-0.1, -0.05) is 29.8 Å². The van der Waals surface area contributed by atoms with E-state index in [1.54, 1.807) is 36.4 Å². The number of hydrogen-bond acceptors (Lipinski definition) is 5. The first-order valence-corrected chi connectivity index (χ1v) is 10.2. The van der Waals surface area contributed by atoms with Crippen LogP contribution in [0.4, 0.5) is 10.5 Å². The lowest BCUT2D eigenvalue weighted by molar-refractivity contribution is -0.137. The highest BCUT2D eigenvalue weighted by Crippen LogP contribution is 2.34. The summed E-state index contributed by atoms with van der Waals surface area (Å²) in [4.78, 5) is 36.3. The fourth-order valence-electron chi connectivity index (χ4n) is 3.30. The van der Waals surface area contributed by atoms with Crippen molar-refractivity contribution in [3.05, 3.63) is 75.7 Å². The first-order valence-electron chi connectivity index (χ1n) is 9.81. The second-order valence-electron chi connectivity index (χ2n) is 7.21. The van der Waals surface area contributed by atoms with Crippen molar-refractivity contribution in [2.45, 2.75) is 12.5 Å². The summed E-state index contributed by atoms with van der Waals surface area (Å²) >= 11 is 6.11. The molecule has 3 rings (SSSR count). The molecule has 0 aliphatic rings. The Morgan fingerprint density at radius 2 is 1.94 bits per heavy atom. The van der Waals surface area contributed by atoms with Gasteiger partial charge in [-0.25, -0.2) is 4.79 Å². The fourth-order valence-corrected chi connectivity index (χ4v) is 3.49. The Hall–Kier alpha value is -3.98. The molecule has 1 atom stereocenters. The molecule has 0 aliphatic heterocycles. The monoisotopic (exact) mass is 471 g/mol. The van der Waals surface area contributed by atoms with Crippen molar-refractivity contribution in [1.82, 2.24) is 9.88 Å². The third kappa shape index (κ3) is 5.64. The Morgan fingerprint density at radius 3 is 2.61 bits per heavy atom. The number of methoxy groups -OCH3 is 1. The van der Waals surface area contributed by atoms with Gasteiger partial charge in [-0.2, -0.15) is 0 Å². The number of aromatic hydroxyl groups is 1. The van der Waals surface area contributed by atoms with Gasteiger partial charge in [0.15, 0.2) is 5.69 Å². The highest BCUT2D eigenvalue weighted by Gasteiger charge is 2.21. The van der Waals surface area contributed by atoms with Crippen LogP contribution < -0.4 is 20.9 Å². The molecular formula is C23H22ClN3O6. The van der Waals surface area contributed by atoms with Gasteiger partial charge in [-0.15, -0.1) is 0 Å². The lowest BCUT2D eigenvalue weighted by Crippen LogP contribution is -2.36. The average Bonchev–Trinajstić information content (AvgIpc) is 2.78. The predicted molar refractivity (Wildman–Crippen MR) is 124 cm³/mol. The molecule has 9 nitrogen and oxygen atoms in total. The summed E-state index contributed by atoms with van der Waals surface area (Å²) in [5.74, 6) is -1.01. The van der Waals surface area contributed by atoms with Crippen LogP contribution in [0.3, 0.4) is 0 Å². The number of carboxylic acids is 1. The molecule has 0 unspecified atom stereocenters. The molecule has 1 aromatic heterocycles. The van der Waals surface area contributed by atoms with Crippen LogP contribution in [-0.4, -0.2) is 33.9 Å². The van der Waals surface area contributed by atoms with Gasteiger partial charge in [-0.3, -0.25) is 9.59 Å². The first kappa shape index (κ1) is 23.7. The largest absolute Gasteiger partial charge is 0.505 e. The van der Waals surface area contributed by atoms with Gasteiger partial charge >= 0.3 is 12.0 Å². The van der Waals surface area contributed by atoms with Gasteiger partial charge in [0, 0.05) is 23.8 Å². The molecule has 0 radical (unpaired) electrons. The molecule has 4 N–H and O–H groups in total. The van der Waals surface area contributed by atoms with E-state index in [4.69, 9.17) is 16.3 Å². The maximum absolute atomic E-state index is 12.6. The van der Waals surface area contributed by atoms with Crippen molar-refractivity contribution in [3.8, 4) is 22.6 Å². The number of aryl methyl sites for hydroxylation is 1. The van der Waals surface area contributed by atoms with Crippen molar-refractivity contribution in [2.75, 3.05) is 12.4 Å². The summed E-state index contributed by atoms with van der Waals surface area (Å²) in [5.41, 5.74) is 0.962. The van der Waals surface area contributed by atoms with Crippen LogP contribution in [0.1, 0.15) is 18.0 Å². The minimum atomic E-state index is -1.14. The number of ether oxygens (including phenoxy) is 1. The number of amides is 2. The molecule has 2 aromatic carbocycles. The predicted octanol–water partition coefficient (Wildman–Crippen LogP) is 3.76. The van der Waals surface area contributed by atoms with Crippen molar-refractivity contribution in [3.63, 3.8) is 0 Å². The lowest BCUT2D eigenvalue weighted by atomic mass is 9.97. The maximum Gasteiger partial charge on any atom is 0.319 e. The van der Waals surface area contributed by atoms with Crippen LogP contribution in [0.2, 0.25) is 5.02 Å². The number of benzene rings is 2. The van der Waals surface area contributed by atoms with E-state index in [0.29, 0.717) is 21.9 Å². The zero-order chi connectivity index (χ0) is 24.1. The Morgan fingerprint density at radius 1 is 1.18 bits per heavy atom. The third-order valence-electron chi connectivity index (χ3n) is 4.93. The van der Waals surface area contributed by atoms with Crippen molar-refractivity contribution in [1.29, 1.82) is 0 Å². The average molecular weight is 472 g/mol. The molecule has 0 saturated heterocycles. The van der Waals surface area contributed by atoms with Gasteiger partial charge in [-0.05, 0) is 41.5 Å². The van der Waals surface area contributed by atoms with Gasteiger partial charge in [0.2, 0.25) is 0 Å². The number of carboxylic acid groups (broad SMARTS) is 1. The summed E-state index contributed by atoms with van der Waals surface area (Å²) in [6, 6.07) is 11.5. The van der Waals surface area contributed by atoms with E-state index in [1.807, 2.05) is 6.07 Å². The summed E-state index contributed by atoms with van der Waals surface area (Å²) in [6.45, 7) is 0. The molecule has 172 valence electrons. The number of aromatic nitrogens is 1. The molecule has 2 amide bonds. The molecule has 0 saturated carbocycles. The number of carbonyl (C=O) groups is 2. The van der Waals surface area contributed by atoms with Crippen LogP contribution in [0.5, 0.6) is 11.5 Å². The molecule has 0 spiro atoms. The number of rotatable bonds is 7. The highest BCUT2D eigenvalue weighted by molar-refractivity contribution is 6.30. The smallest absolute Gasteiger partial charge is 0.319 e. The number of nitrogens with one attached hydrogen (secondary N) is 2. The van der Waals surface area contributed by atoms with Crippen molar-refractivity contribution in [2.24, 2.45) is 7.05 Å². The quantitative estimate of drug-likeness (QED) is 0.415. The molecule has 0 bridgehead atoms. The van der Waals surface area contributed by atoms with Crippen LogP contribution in [-0.2, 0) is 11.8 Å². The van der Waals surface area contributed by atoms with Gasteiger partial charge in [0.25, 0.3) is 5.56 Å². The Labute approximate surface area is 194 Å². The SMILES string of the molecule is COc1ccc([C@H](CC(=O)O)NC(=O)Nc2c(O)ccn(C)c2=O)cc1-c1cccc(Cl)c1. The fraction of sp³-hybridized carbons (Fsp3) is 0.174. The molecule has 10 heteroatoms. The van der Waals surface area contributed by atoms with E-state index in [2.05, 4.69) is 10.6 Å². The minimum absolute atomic E-state index is 0.319. The van der Waals surface area contributed by atoms with Gasteiger partial charge < -0.3 is 30.2 Å². The number of halogens is 1. The van der Waals surface area contributed by atoms with E-state index in [9.17, 15) is 24.6 Å². The van der Waals surface area contributed by atoms with Crippen LogP contribution in [0.25, 0.3) is 11.1 Å². The van der Waals surface area contributed by atoms with Crippen LogP contribution >= 0.6 is 11.6 Å². The number of hydrogen-bond donors (Lipinski definition) is 4. The Kier molecular flexibility index (Phi) is 7.24. The zero-order valence-electron chi connectivity index (χ0n) is 17.8. The standard InChI is InChI=1S/C23H22ClN3O6/c1-27-9-8-18(28)21(22(27)31)26-23(32)25-17(12-20(29)30)14-6-7-19(33-2)16(11-14)13-4-3-5-15(24)10-13/h3-11,17,28H,12H2,1-2H3,(H,29,30)(H2,25,26,32)/t17-/m0/s1. The summed E-state index contributed by atoms with van der Waals surface area (Å²) in [5, 5.41) is 24.7. The van der Waals surface area contributed by atoms with Crippen molar-refractivity contribution < 1.29 is 24.5 Å². The Bertz CT molecular complexity index is 1260. The zero-order valence-corrected chi connectivity index (χ0v) is 18.6. The second-order valence-corrected chi connectivity index (χ2v) is 7.65. The molecule has 0 aliphatic carbocycles. The normalized spacial score (nSPS) is 11.5. The molecular weight excluding hydrogens is 450 g/mol. The molecule has 3 aromatic rings. The summed E-state index contributed by atoms with van der Waals surface area (Å²) < 4.78 is 6.61. The molecule has 1 heterocycles. The maximum atomic E-state index is 12.6. The second kappa shape index (κ2) is 10.1. The molecule has 0 fully saturated rings. The Balaban J connectivity index is 1.94. The third-order valence-corrected chi connectivity index (χ3v) is 5.17. The summed E-state index contributed by atoms with van der Waals surface area (Å²) in [6.07, 6.45) is 0.927. The van der Waals surface area contributed by atoms with E-state index in [-0.39, 0.29) is 5.69 Å². The number of nitrogens with zero attached hydrogens (tertiary/aromatic N) is 1. The van der Waals surface area contributed by atoms with E-state index < -0.39 is 35.8 Å². The summed E-state index contributed by atoms with van der Waals surface area (Å²) in [7, 11) is 2.98. The van der Waals surface area contributed by atoms with E-state index >= 15 is 0 Å². The molecule has 33 heavy (non-hydrogen) atoms. The number of carbonyl (C=O) groups excluding carboxylic acids is 1. The number of urea groups is 1. The first-order chi connectivity index (χ1) is 15.7. The van der Waals surface area contributed by atoms with Gasteiger partial charge in [0.1, 0.15) is 11.5 Å². The minimum Gasteiger partial charge on any atom is -0.505 e. The van der Waals surface area contributed by atoms with E-state index in [1.165, 1.54) is 31.0 Å². The van der Waals surface area contributed by atoms with Crippen molar-refractivity contribution >= 4 is 29.3 Å².